The van der Waals surface area contributed by atoms with Crippen molar-refractivity contribution in [3.05, 3.63) is 17.3 Å². The number of hydrogen-bond acceptors (Lipinski definition) is 5. The maximum atomic E-state index is 11.8. The second kappa shape index (κ2) is 5.98. The number of oxazole rings is 1. The van der Waals surface area contributed by atoms with E-state index in [0.29, 0.717) is 11.6 Å². The molecule has 0 unspecified atom stereocenters. The van der Waals surface area contributed by atoms with E-state index in [9.17, 15) is 14.4 Å². The summed E-state index contributed by atoms with van der Waals surface area (Å²) in [6, 6.07) is -1.20. The van der Waals surface area contributed by atoms with Crippen LogP contribution < -0.4 is 11.1 Å². The Labute approximate surface area is 109 Å². The predicted octanol–water partition coefficient (Wildman–Crippen LogP) is -0.260. The Bertz CT molecular complexity index is 508. The van der Waals surface area contributed by atoms with Crippen molar-refractivity contribution in [2.45, 2.75) is 32.7 Å². The molecule has 0 aliphatic rings. The Hall–Kier alpha value is -2.38. The van der Waals surface area contributed by atoms with Crippen LogP contribution in [-0.4, -0.2) is 33.9 Å². The number of carbonyl (C=O) groups is 3. The van der Waals surface area contributed by atoms with Gasteiger partial charge in [0, 0.05) is 13.3 Å². The van der Waals surface area contributed by atoms with Gasteiger partial charge in [-0.05, 0) is 13.3 Å². The SMILES string of the molecule is Cc1nc(C)c(C(=O)N[C@@H](CCC(N)=O)C(=O)O)o1. The predicted molar refractivity (Wildman–Crippen MR) is 63.3 cm³/mol. The van der Waals surface area contributed by atoms with Crippen molar-refractivity contribution in [2.75, 3.05) is 0 Å². The van der Waals surface area contributed by atoms with Crippen molar-refractivity contribution >= 4 is 17.8 Å². The van der Waals surface area contributed by atoms with Crippen LogP contribution in [0.1, 0.15) is 35.0 Å². The number of aryl methyl sites for hydroxylation is 2. The molecular weight excluding hydrogens is 254 g/mol. The van der Waals surface area contributed by atoms with Gasteiger partial charge in [-0.2, -0.15) is 0 Å². The van der Waals surface area contributed by atoms with E-state index < -0.39 is 23.8 Å². The first-order chi connectivity index (χ1) is 8.81. The summed E-state index contributed by atoms with van der Waals surface area (Å²) in [4.78, 5) is 37.3. The normalized spacial score (nSPS) is 11.9. The zero-order valence-corrected chi connectivity index (χ0v) is 10.6. The summed E-state index contributed by atoms with van der Waals surface area (Å²) in [5.74, 6) is -2.29. The maximum absolute atomic E-state index is 11.8. The van der Waals surface area contributed by atoms with Crippen molar-refractivity contribution in [3.8, 4) is 0 Å². The Morgan fingerprint density at radius 3 is 2.47 bits per heavy atom. The Balaban J connectivity index is 2.74. The van der Waals surface area contributed by atoms with Crippen molar-refractivity contribution in [1.29, 1.82) is 0 Å². The molecular formula is C11H15N3O5. The Kier molecular flexibility index (Phi) is 4.62. The van der Waals surface area contributed by atoms with E-state index >= 15 is 0 Å². The molecule has 8 heteroatoms. The number of aliphatic carboxylic acids is 1. The molecule has 0 saturated carbocycles. The van der Waals surface area contributed by atoms with Crippen molar-refractivity contribution in [3.63, 3.8) is 0 Å². The monoisotopic (exact) mass is 269 g/mol. The minimum absolute atomic E-state index is 0.0391. The standard InChI is InChI=1S/C11H15N3O5/c1-5-9(19-6(2)13-5)10(16)14-7(11(17)18)3-4-8(12)15/h7H,3-4H2,1-2H3,(H2,12,15)(H,14,16)(H,17,18)/t7-/m0/s1. The first-order valence-corrected chi connectivity index (χ1v) is 5.57. The van der Waals surface area contributed by atoms with E-state index in [0.717, 1.165) is 0 Å². The van der Waals surface area contributed by atoms with Gasteiger partial charge in [0.05, 0.1) is 5.69 Å². The highest BCUT2D eigenvalue weighted by Gasteiger charge is 2.24. The van der Waals surface area contributed by atoms with Crippen LogP contribution in [0.15, 0.2) is 4.42 Å². The average Bonchev–Trinajstić information content (AvgIpc) is 2.62. The van der Waals surface area contributed by atoms with Gasteiger partial charge in [-0.15, -0.1) is 0 Å². The molecule has 1 aromatic rings. The molecule has 0 saturated heterocycles. The van der Waals surface area contributed by atoms with E-state index in [1.54, 1.807) is 13.8 Å². The van der Waals surface area contributed by atoms with Gasteiger partial charge >= 0.3 is 5.97 Å². The number of amides is 2. The molecule has 0 bridgehead atoms. The molecule has 1 heterocycles. The zero-order valence-electron chi connectivity index (χ0n) is 10.6. The van der Waals surface area contributed by atoms with Gasteiger partial charge in [0.1, 0.15) is 6.04 Å². The van der Waals surface area contributed by atoms with Gasteiger partial charge in [0.25, 0.3) is 5.91 Å². The number of aromatic nitrogens is 1. The van der Waals surface area contributed by atoms with Gasteiger partial charge in [0.15, 0.2) is 5.89 Å². The highest BCUT2D eigenvalue weighted by atomic mass is 16.4. The molecule has 0 aliphatic heterocycles. The second-order valence-corrected chi connectivity index (χ2v) is 4.02. The molecule has 1 aromatic heterocycles. The fraction of sp³-hybridized carbons (Fsp3) is 0.455. The summed E-state index contributed by atoms with van der Waals surface area (Å²) in [5, 5.41) is 11.2. The van der Waals surface area contributed by atoms with Crippen LogP contribution in [0.2, 0.25) is 0 Å². The highest BCUT2D eigenvalue weighted by molar-refractivity contribution is 5.95. The molecule has 0 aromatic carbocycles. The lowest BCUT2D eigenvalue weighted by atomic mass is 10.1. The summed E-state index contributed by atoms with van der Waals surface area (Å²) in [6.07, 6.45) is -0.214. The number of rotatable bonds is 6. The summed E-state index contributed by atoms with van der Waals surface area (Å²) < 4.78 is 5.07. The van der Waals surface area contributed by atoms with E-state index in [1.165, 1.54) is 0 Å². The van der Waals surface area contributed by atoms with Crippen LogP contribution in [0.4, 0.5) is 0 Å². The van der Waals surface area contributed by atoms with Crippen LogP contribution in [-0.2, 0) is 9.59 Å². The third-order valence-corrected chi connectivity index (χ3v) is 2.39. The number of hydrogen-bond donors (Lipinski definition) is 3. The van der Waals surface area contributed by atoms with Gasteiger partial charge in [-0.1, -0.05) is 0 Å². The smallest absolute Gasteiger partial charge is 0.326 e. The summed E-state index contributed by atoms with van der Waals surface area (Å²) >= 11 is 0. The fourth-order valence-corrected chi connectivity index (χ4v) is 1.51. The number of nitrogens with one attached hydrogen (secondary N) is 1. The third-order valence-electron chi connectivity index (χ3n) is 2.39. The number of carboxylic acid groups (broad SMARTS) is 1. The molecule has 4 N–H and O–H groups in total. The lowest BCUT2D eigenvalue weighted by Crippen LogP contribution is -2.41. The molecule has 8 nitrogen and oxygen atoms in total. The quantitative estimate of drug-likeness (QED) is 0.651. The van der Waals surface area contributed by atoms with E-state index in [2.05, 4.69) is 10.3 Å². The van der Waals surface area contributed by atoms with E-state index in [1.807, 2.05) is 0 Å². The molecule has 0 spiro atoms. The van der Waals surface area contributed by atoms with E-state index in [4.69, 9.17) is 15.3 Å². The summed E-state index contributed by atoms with van der Waals surface area (Å²) in [6.45, 7) is 3.15. The van der Waals surface area contributed by atoms with Gasteiger partial charge < -0.3 is 20.6 Å². The minimum atomic E-state index is -1.25. The summed E-state index contributed by atoms with van der Waals surface area (Å²) in [7, 11) is 0. The van der Waals surface area contributed by atoms with E-state index in [-0.39, 0.29) is 18.6 Å². The second-order valence-electron chi connectivity index (χ2n) is 4.02. The molecule has 104 valence electrons. The average molecular weight is 269 g/mol. The lowest BCUT2D eigenvalue weighted by Gasteiger charge is -2.12. The summed E-state index contributed by atoms with van der Waals surface area (Å²) in [5.41, 5.74) is 5.31. The number of carbonyl (C=O) groups excluding carboxylic acids is 2. The topological polar surface area (TPSA) is 136 Å². The van der Waals surface area contributed by atoms with Crippen LogP contribution in [0, 0.1) is 13.8 Å². The van der Waals surface area contributed by atoms with Gasteiger partial charge in [0.2, 0.25) is 11.7 Å². The molecule has 2 amide bonds. The fourth-order valence-electron chi connectivity index (χ4n) is 1.51. The molecule has 0 aliphatic carbocycles. The zero-order chi connectivity index (χ0) is 14.6. The number of carboxylic acids is 1. The van der Waals surface area contributed by atoms with Gasteiger partial charge in [-0.25, -0.2) is 9.78 Å². The third kappa shape index (κ3) is 4.09. The minimum Gasteiger partial charge on any atom is -0.480 e. The molecule has 0 fully saturated rings. The molecule has 19 heavy (non-hydrogen) atoms. The first kappa shape index (κ1) is 14.7. The molecule has 0 radical (unpaired) electrons. The molecule has 1 rings (SSSR count). The largest absolute Gasteiger partial charge is 0.480 e. The van der Waals surface area contributed by atoms with Crippen LogP contribution in [0.5, 0.6) is 0 Å². The number of nitrogens with zero attached hydrogens (tertiary/aromatic N) is 1. The Morgan fingerprint density at radius 2 is 2.05 bits per heavy atom. The maximum Gasteiger partial charge on any atom is 0.326 e. The van der Waals surface area contributed by atoms with Gasteiger partial charge in [-0.3, -0.25) is 9.59 Å². The lowest BCUT2D eigenvalue weighted by molar-refractivity contribution is -0.139. The first-order valence-electron chi connectivity index (χ1n) is 5.57. The van der Waals surface area contributed by atoms with Crippen LogP contribution >= 0.6 is 0 Å². The highest BCUT2D eigenvalue weighted by Crippen LogP contribution is 2.10. The number of primary amides is 1. The van der Waals surface area contributed by atoms with Crippen molar-refractivity contribution < 1.29 is 23.9 Å². The number of nitrogens with two attached hydrogens (primary N) is 1. The molecule has 1 atom stereocenters. The van der Waals surface area contributed by atoms with Crippen LogP contribution in [0.25, 0.3) is 0 Å². The van der Waals surface area contributed by atoms with Crippen molar-refractivity contribution in [1.82, 2.24) is 10.3 Å². The van der Waals surface area contributed by atoms with Crippen LogP contribution in [0.3, 0.4) is 0 Å². The Morgan fingerprint density at radius 1 is 1.42 bits per heavy atom. The van der Waals surface area contributed by atoms with Crippen molar-refractivity contribution in [2.24, 2.45) is 5.73 Å².